The van der Waals surface area contributed by atoms with Crippen LogP contribution in [0, 0.1) is 12.7 Å². The molecular weight excluding hydrogens is 364 g/mol. The molecule has 1 aliphatic carbocycles. The SMILES string of the molecule is Cc1ccc(C(=O)NC2CC2)cc1NC(=O)c1ccc(F)c(C(F)(F)F)c1. The highest BCUT2D eigenvalue weighted by atomic mass is 19.4. The Balaban J connectivity index is 1.82. The number of aryl methyl sites for hydroxylation is 1. The topological polar surface area (TPSA) is 58.2 Å². The average molecular weight is 380 g/mol. The molecule has 0 saturated heterocycles. The van der Waals surface area contributed by atoms with Gasteiger partial charge in [-0.3, -0.25) is 9.59 Å². The predicted molar refractivity (Wildman–Crippen MR) is 91.0 cm³/mol. The zero-order valence-electron chi connectivity index (χ0n) is 14.3. The van der Waals surface area contributed by atoms with Crippen LogP contribution in [0.4, 0.5) is 23.2 Å². The number of rotatable bonds is 4. The van der Waals surface area contributed by atoms with Crippen LogP contribution in [0.1, 0.15) is 44.7 Å². The third kappa shape index (κ3) is 4.45. The molecule has 8 heteroatoms. The van der Waals surface area contributed by atoms with Crippen molar-refractivity contribution in [1.82, 2.24) is 5.32 Å². The molecule has 142 valence electrons. The second kappa shape index (κ2) is 7.02. The zero-order chi connectivity index (χ0) is 19.8. The van der Waals surface area contributed by atoms with Crippen LogP contribution in [0.3, 0.4) is 0 Å². The van der Waals surface area contributed by atoms with Crippen LogP contribution < -0.4 is 10.6 Å². The summed E-state index contributed by atoms with van der Waals surface area (Å²) in [5.74, 6) is -2.56. The molecule has 3 rings (SSSR count). The fourth-order valence-corrected chi connectivity index (χ4v) is 2.47. The quantitative estimate of drug-likeness (QED) is 0.777. The highest BCUT2D eigenvalue weighted by Crippen LogP contribution is 2.32. The Kier molecular flexibility index (Phi) is 4.91. The number of benzene rings is 2. The number of carbonyl (C=O) groups is 2. The van der Waals surface area contributed by atoms with E-state index in [9.17, 15) is 27.2 Å². The summed E-state index contributed by atoms with van der Waals surface area (Å²) in [5.41, 5.74) is -0.593. The van der Waals surface area contributed by atoms with E-state index in [1.165, 1.54) is 6.07 Å². The van der Waals surface area contributed by atoms with Gasteiger partial charge < -0.3 is 10.6 Å². The number of alkyl halides is 3. The molecule has 27 heavy (non-hydrogen) atoms. The van der Waals surface area contributed by atoms with Crippen molar-refractivity contribution < 1.29 is 27.2 Å². The van der Waals surface area contributed by atoms with E-state index in [0.29, 0.717) is 28.9 Å². The lowest BCUT2D eigenvalue weighted by molar-refractivity contribution is -0.140. The van der Waals surface area contributed by atoms with Crippen molar-refractivity contribution in [3.63, 3.8) is 0 Å². The summed E-state index contributed by atoms with van der Waals surface area (Å²) in [6, 6.07) is 6.88. The second-order valence-electron chi connectivity index (χ2n) is 6.42. The molecule has 4 nitrogen and oxygen atoms in total. The third-order valence-electron chi connectivity index (χ3n) is 4.19. The predicted octanol–water partition coefficient (Wildman–Crippen LogP) is 4.30. The van der Waals surface area contributed by atoms with Crippen molar-refractivity contribution in [2.75, 3.05) is 5.32 Å². The van der Waals surface area contributed by atoms with Gasteiger partial charge in [-0.05, 0) is 55.7 Å². The number of hydrogen-bond donors (Lipinski definition) is 2. The monoisotopic (exact) mass is 380 g/mol. The van der Waals surface area contributed by atoms with Gasteiger partial charge in [-0.25, -0.2) is 4.39 Å². The summed E-state index contributed by atoms with van der Waals surface area (Å²) in [4.78, 5) is 24.4. The van der Waals surface area contributed by atoms with Gasteiger partial charge in [0.1, 0.15) is 5.82 Å². The number of carbonyl (C=O) groups excluding carboxylic acids is 2. The number of amides is 2. The van der Waals surface area contributed by atoms with Crippen molar-refractivity contribution >= 4 is 17.5 Å². The van der Waals surface area contributed by atoms with E-state index in [0.717, 1.165) is 18.9 Å². The lowest BCUT2D eigenvalue weighted by Gasteiger charge is -2.13. The Morgan fingerprint density at radius 3 is 2.26 bits per heavy atom. The van der Waals surface area contributed by atoms with Crippen LogP contribution >= 0.6 is 0 Å². The van der Waals surface area contributed by atoms with Gasteiger partial charge in [0.2, 0.25) is 0 Å². The molecule has 2 amide bonds. The van der Waals surface area contributed by atoms with Crippen molar-refractivity contribution in [3.05, 3.63) is 64.5 Å². The van der Waals surface area contributed by atoms with E-state index >= 15 is 0 Å². The van der Waals surface area contributed by atoms with Gasteiger partial charge >= 0.3 is 6.18 Å². The lowest BCUT2D eigenvalue weighted by atomic mass is 10.1. The summed E-state index contributed by atoms with van der Waals surface area (Å²) in [6.45, 7) is 1.68. The Bertz CT molecular complexity index is 905. The minimum absolute atomic E-state index is 0.164. The van der Waals surface area contributed by atoms with E-state index < -0.39 is 23.5 Å². The zero-order valence-corrected chi connectivity index (χ0v) is 14.3. The number of hydrogen-bond acceptors (Lipinski definition) is 2. The Hall–Kier alpha value is -2.90. The van der Waals surface area contributed by atoms with Crippen molar-refractivity contribution in [2.24, 2.45) is 0 Å². The molecule has 0 aliphatic heterocycles. The summed E-state index contributed by atoms with van der Waals surface area (Å²) >= 11 is 0. The maximum atomic E-state index is 13.4. The molecule has 1 saturated carbocycles. The molecule has 1 fully saturated rings. The second-order valence-corrected chi connectivity index (χ2v) is 6.42. The molecule has 0 unspecified atom stereocenters. The van der Waals surface area contributed by atoms with E-state index in [-0.39, 0.29) is 17.5 Å². The van der Waals surface area contributed by atoms with Crippen LogP contribution in [0.25, 0.3) is 0 Å². The molecular formula is C19H16F4N2O2. The summed E-state index contributed by atoms with van der Waals surface area (Å²) < 4.78 is 51.8. The van der Waals surface area contributed by atoms with E-state index in [1.807, 2.05) is 0 Å². The largest absolute Gasteiger partial charge is 0.419 e. The fourth-order valence-electron chi connectivity index (χ4n) is 2.47. The van der Waals surface area contributed by atoms with Crippen LogP contribution in [0.2, 0.25) is 0 Å². The molecule has 0 bridgehead atoms. The molecule has 0 aromatic heterocycles. The standard InChI is InChI=1S/C19H16F4N2O2/c1-10-2-3-12(17(26)24-13-5-6-13)9-16(10)25-18(27)11-4-7-15(20)14(8-11)19(21,22)23/h2-4,7-9,13H,5-6H2,1H3,(H,24,26)(H,25,27). The van der Waals surface area contributed by atoms with Gasteiger partial charge in [-0.2, -0.15) is 13.2 Å². The van der Waals surface area contributed by atoms with Crippen molar-refractivity contribution in [3.8, 4) is 0 Å². The molecule has 0 radical (unpaired) electrons. The van der Waals surface area contributed by atoms with Gasteiger partial charge in [0.25, 0.3) is 11.8 Å². The molecule has 2 aromatic carbocycles. The average Bonchev–Trinajstić information content (AvgIpc) is 3.40. The van der Waals surface area contributed by atoms with Gasteiger partial charge in [0, 0.05) is 22.9 Å². The van der Waals surface area contributed by atoms with Crippen LogP contribution in [-0.4, -0.2) is 17.9 Å². The van der Waals surface area contributed by atoms with Gasteiger partial charge in [0.05, 0.1) is 5.56 Å². The Labute approximate surface area is 152 Å². The van der Waals surface area contributed by atoms with Gasteiger partial charge in [-0.1, -0.05) is 6.07 Å². The van der Waals surface area contributed by atoms with Gasteiger partial charge in [-0.15, -0.1) is 0 Å². The first kappa shape index (κ1) is 18.9. The molecule has 0 atom stereocenters. The normalized spacial score (nSPS) is 14.0. The fraction of sp³-hybridized carbons (Fsp3) is 0.263. The smallest absolute Gasteiger partial charge is 0.349 e. The van der Waals surface area contributed by atoms with E-state index in [1.54, 1.807) is 19.1 Å². The maximum absolute atomic E-state index is 13.4. The minimum atomic E-state index is -4.91. The summed E-state index contributed by atoms with van der Waals surface area (Å²) in [5, 5.41) is 5.29. The van der Waals surface area contributed by atoms with Crippen LogP contribution in [0.15, 0.2) is 36.4 Å². The van der Waals surface area contributed by atoms with Crippen molar-refractivity contribution in [2.45, 2.75) is 32.0 Å². The highest BCUT2D eigenvalue weighted by molar-refractivity contribution is 6.05. The number of anilines is 1. The van der Waals surface area contributed by atoms with Crippen molar-refractivity contribution in [1.29, 1.82) is 0 Å². The van der Waals surface area contributed by atoms with E-state index in [2.05, 4.69) is 10.6 Å². The maximum Gasteiger partial charge on any atom is 0.419 e. The molecule has 0 spiro atoms. The minimum Gasteiger partial charge on any atom is -0.349 e. The number of halogens is 4. The molecule has 2 N–H and O–H groups in total. The van der Waals surface area contributed by atoms with Gasteiger partial charge in [0.15, 0.2) is 0 Å². The first-order valence-electron chi connectivity index (χ1n) is 8.25. The lowest BCUT2D eigenvalue weighted by Crippen LogP contribution is -2.25. The Morgan fingerprint density at radius 1 is 1.00 bits per heavy atom. The Morgan fingerprint density at radius 2 is 1.63 bits per heavy atom. The molecule has 1 aliphatic rings. The summed E-state index contributed by atoms with van der Waals surface area (Å²) in [7, 11) is 0. The third-order valence-corrected chi connectivity index (χ3v) is 4.19. The molecule has 2 aromatic rings. The first-order valence-corrected chi connectivity index (χ1v) is 8.25. The van der Waals surface area contributed by atoms with Crippen LogP contribution in [-0.2, 0) is 6.18 Å². The highest BCUT2D eigenvalue weighted by Gasteiger charge is 2.34. The number of nitrogens with one attached hydrogen (secondary N) is 2. The van der Waals surface area contributed by atoms with E-state index in [4.69, 9.17) is 0 Å². The van der Waals surface area contributed by atoms with Crippen LogP contribution in [0.5, 0.6) is 0 Å². The first-order chi connectivity index (χ1) is 12.6. The molecule has 0 heterocycles. The summed E-state index contributed by atoms with van der Waals surface area (Å²) in [6.07, 6.45) is -3.06.